The summed E-state index contributed by atoms with van der Waals surface area (Å²) < 4.78 is 0. The van der Waals surface area contributed by atoms with Gasteiger partial charge in [-0.15, -0.1) is 0 Å². The molecule has 0 aromatic carbocycles. The smallest absolute Gasteiger partial charge is 0.307 e. The van der Waals surface area contributed by atoms with Gasteiger partial charge in [-0.05, 0) is 50.9 Å². The highest BCUT2D eigenvalue weighted by atomic mass is 16.4. The van der Waals surface area contributed by atoms with Crippen LogP contribution in [0.1, 0.15) is 71.6 Å². The van der Waals surface area contributed by atoms with Crippen molar-refractivity contribution in [3.8, 4) is 0 Å². The van der Waals surface area contributed by atoms with Crippen LogP contribution in [0.4, 0.5) is 0 Å². The molecular formula is C21H32N2O4. The number of rotatable bonds is 5. The summed E-state index contributed by atoms with van der Waals surface area (Å²) in [5.41, 5.74) is 7.30. The molecule has 0 heterocycles. The predicted octanol–water partition coefficient (Wildman–Crippen LogP) is 3.19. The minimum Gasteiger partial charge on any atom is -0.481 e. The van der Waals surface area contributed by atoms with Gasteiger partial charge in [0.2, 0.25) is 11.8 Å². The Hall–Kier alpha value is -1.85. The van der Waals surface area contributed by atoms with Gasteiger partial charge in [-0.1, -0.05) is 43.3 Å². The first-order valence-corrected chi connectivity index (χ1v) is 10.4. The molecule has 4 atom stereocenters. The third-order valence-electron chi connectivity index (χ3n) is 6.84. The zero-order chi connectivity index (χ0) is 19.6. The van der Waals surface area contributed by atoms with Crippen LogP contribution in [0.2, 0.25) is 0 Å². The zero-order valence-electron chi connectivity index (χ0n) is 16.4. The highest BCUT2D eigenvalue weighted by Crippen LogP contribution is 2.57. The minimum absolute atomic E-state index is 0.0137. The second-order valence-corrected chi connectivity index (χ2v) is 8.72. The van der Waals surface area contributed by atoms with Crippen LogP contribution < -0.4 is 10.9 Å². The van der Waals surface area contributed by atoms with Gasteiger partial charge >= 0.3 is 5.97 Å². The van der Waals surface area contributed by atoms with E-state index in [1.165, 1.54) is 32.1 Å². The molecule has 150 valence electrons. The Morgan fingerprint density at radius 3 is 2.15 bits per heavy atom. The quantitative estimate of drug-likeness (QED) is 0.507. The van der Waals surface area contributed by atoms with Gasteiger partial charge in [0.25, 0.3) is 0 Å². The summed E-state index contributed by atoms with van der Waals surface area (Å²) >= 11 is 0. The Kier molecular flexibility index (Phi) is 6.22. The van der Waals surface area contributed by atoms with Gasteiger partial charge in [0, 0.05) is 6.42 Å². The lowest BCUT2D eigenvalue weighted by Crippen LogP contribution is -2.48. The van der Waals surface area contributed by atoms with Gasteiger partial charge in [0.1, 0.15) is 0 Å². The van der Waals surface area contributed by atoms with Crippen molar-refractivity contribution in [3.05, 3.63) is 11.1 Å². The van der Waals surface area contributed by atoms with Crippen LogP contribution in [0.15, 0.2) is 11.1 Å². The molecule has 2 amide bonds. The number of carboxylic acid groups (broad SMARTS) is 1. The molecule has 0 unspecified atom stereocenters. The first-order chi connectivity index (χ1) is 12.9. The SMILES string of the molecule is CC(C)=C1[C@H]2CC[C@@H]1[C@H](C(=O)NNC(=O)CCC1CCCCC1)[C@@H]2C(=O)O. The molecule has 27 heavy (non-hydrogen) atoms. The lowest BCUT2D eigenvalue weighted by molar-refractivity contribution is -0.149. The molecule has 0 spiro atoms. The molecule has 3 aliphatic rings. The number of carboxylic acids is 1. The van der Waals surface area contributed by atoms with E-state index >= 15 is 0 Å². The molecule has 0 aliphatic heterocycles. The molecule has 6 heteroatoms. The van der Waals surface area contributed by atoms with Crippen LogP contribution >= 0.6 is 0 Å². The average Bonchev–Trinajstić information content (AvgIpc) is 3.21. The summed E-state index contributed by atoms with van der Waals surface area (Å²) in [6.07, 6.45) is 9.11. The maximum Gasteiger partial charge on any atom is 0.307 e. The molecule has 0 aromatic heterocycles. The van der Waals surface area contributed by atoms with E-state index in [1.807, 2.05) is 13.8 Å². The predicted molar refractivity (Wildman–Crippen MR) is 101 cm³/mol. The van der Waals surface area contributed by atoms with E-state index in [9.17, 15) is 19.5 Å². The molecule has 0 saturated heterocycles. The number of carbonyl (C=O) groups excluding carboxylic acids is 2. The van der Waals surface area contributed by atoms with Crippen LogP contribution in [0.3, 0.4) is 0 Å². The van der Waals surface area contributed by atoms with Crippen LogP contribution in [0, 0.1) is 29.6 Å². The van der Waals surface area contributed by atoms with Gasteiger partial charge < -0.3 is 5.11 Å². The number of amides is 2. The normalized spacial score (nSPS) is 30.2. The van der Waals surface area contributed by atoms with Crippen molar-refractivity contribution in [1.82, 2.24) is 10.9 Å². The molecule has 3 fully saturated rings. The first-order valence-electron chi connectivity index (χ1n) is 10.4. The number of hydrazine groups is 1. The molecule has 2 bridgehead atoms. The average molecular weight is 376 g/mol. The van der Waals surface area contributed by atoms with Crippen molar-refractivity contribution < 1.29 is 19.5 Å². The van der Waals surface area contributed by atoms with Crippen LogP contribution in [0.25, 0.3) is 0 Å². The van der Waals surface area contributed by atoms with E-state index in [0.717, 1.165) is 30.4 Å². The standard InChI is InChI=1S/C21H32N2O4/c1-12(2)17-14-9-10-15(17)19(21(26)27)18(14)20(25)23-22-16(24)11-8-13-6-4-3-5-7-13/h13-15,18-19H,3-11H2,1-2H3,(H,22,24)(H,23,25)(H,26,27)/t14-,15+,18-,19+/m0/s1. The van der Waals surface area contributed by atoms with Crippen LogP contribution in [0.5, 0.6) is 0 Å². The number of nitrogens with one attached hydrogen (secondary N) is 2. The van der Waals surface area contributed by atoms with E-state index in [0.29, 0.717) is 12.3 Å². The molecule has 3 aliphatic carbocycles. The third kappa shape index (κ3) is 4.19. The Morgan fingerprint density at radius 2 is 1.56 bits per heavy atom. The second kappa shape index (κ2) is 8.44. The van der Waals surface area contributed by atoms with Crippen molar-refractivity contribution in [2.45, 2.75) is 71.6 Å². The van der Waals surface area contributed by atoms with E-state index in [4.69, 9.17) is 0 Å². The minimum atomic E-state index is -0.912. The van der Waals surface area contributed by atoms with Crippen LogP contribution in [-0.2, 0) is 14.4 Å². The fourth-order valence-electron chi connectivity index (χ4n) is 5.69. The van der Waals surface area contributed by atoms with Crippen molar-refractivity contribution >= 4 is 17.8 Å². The van der Waals surface area contributed by atoms with Crippen molar-refractivity contribution in [2.75, 3.05) is 0 Å². The number of carbonyl (C=O) groups is 3. The topological polar surface area (TPSA) is 95.5 Å². The number of hydrogen-bond acceptors (Lipinski definition) is 3. The zero-order valence-corrected chi connectivity index (χ0v) is 16.4. The summed E-state index contributed by atoms with van der Waals surface area (Å²) in [5.74, 6) is -2.19. The number of aliphatic carboxylic acids is 1. The molecular weight excluding hydrogens is 344 g/mol. The first kappa shape index (κ1) is 19.9. The number of allylic oxidation sites excluding steroid dienone is 2. The third-order valence-corrected chi connectivity index (χ3v) is 6.84. The highest BCUT2D eigenvalue weighted by molar-refractivity contribution is 5.89. The van der Waals surface area contributed by atoms with Crippen molar-refractivity contribution in [1.29, 1.82) is 0 Å². The Labute approximate surface area is 161 Å². The van der Waals surface area contributed by atoms with E-state index in [1.54, 1.807) is 0 Å². The Bertz CT molecular complexity index is 632. The lowest BCUT2D eigenvalue weighted by atomic mass is 9.79. The number of fused-ring (bicyclic) bond motifs is 2. The molecule has 3 rings (SSSR count). The molecule has 3 N–H and O–H groups in total. The van der Waals surface area contributed by atoms with Gasteiger partial charge in [-0.25, -0.2) is 0 Å². The largest absolute Gasteiger partial charge is 0.481 e. The Morgan fingerprint density at radius 1 is 0.926 bits per heavy atom. The monoisotopic (exact) mass is 376 g/mol. The molecule has 3 saturated carbocycles. The molecule has 0 radical (unpaired) electrons. The van der Waals surface area contributed by atoms with E-state index in [2.05, 4.69) is 10.9 Å². The summed E-state index contributed by atoms with van der Waals surface area (Å²) in [5, 5.41) is 9.67. The highest BCUT2D eigenvalue weighted by Gasteiger charge is 2.57. The van der Waals surface area contributed by atoms with Crippen molar-refractivity contribution in [2.24, 2.45) is 29.6 Å². The summed E-state index contributed by atoms with van der Waals surface area (Å²) in [6, 6.07) is 0. The Balaban J connectivity index is 1.54. The summed E-state index contributed by atoms with van der Waals surface area (Å²) in [7, 11) is 0. The summed E-state index contributed by atoms with van der Waals surface area (Å²) in [6.45, 7) is 3.99. The fraction of sp³-hybridized carbons (Fsp3) is 0.762. The van der Waals surface area contributed by atoms with Gasteiger partial charge in [0.15, 0.2) is 0 Å². The number of hydrogen-bond donors (Lipinski definition) is 3. The van der Waals surface area contributed by atoms with Gasteiger partial charge in [-0.2, -0.15) is 0 Å². The van der Waals surface area contributed by atoms with Gasteiger partial charge in [0.05, 0.1) is 11.8 Å². The van der Waals surface area contributed by atoms with E-state index in [-0.39, 0.29) is 23.7 Å². The van der Waals surface area contributed by atoms with E-state index < -0.39 is 17.8 Å². The summed E-state index contributed by atoms with van der Waals surface area (Å²) in [4.78, 5) is 36.6. The fourth-order valence-corrected chi connectivity index (χ4v) is 5.69. The van der Waals surface area contributed by atoms with Crippen LogP contribution in [-0.4, -0.2) is 22.9 Å². The lowest BCUT2D eigenvalue weighted by Gasteiger charge is -2.26. The molecule has 0 aromatic rings. The maximum absolute atomic E-state index is 12.7. The van der Waals surface area contributed by atoms with Crippen molar-refractivity contribution in [3.63, 3.8) is 0 Å². The molecule has 6 nitrogen and oxygen atoms in total. The second-order valence-electron chi connectivity index (χ2n) is 8.72. The van der Waals surface area contributed by atoms with Gasteiger partial charge in [-0.3, -0.25) is 25.2 Å². The maximum atomic E-state index is 12.7.